The summed E-state index contributed by atoms with van der Waals surface area (Å²) in [7, 11) is 1.75. The maximum Gasteiger partial charge on any atom is 0.118 e. The minimum Gasteiger partial charge on any atom is -0.497 e. The van der Waals surface area contributed by atoms with Crippen LogP contribution in [0.25, 0.3) is 0 Å². The molecule has 4 rings (SSSR count). The lowest BCUT2D eigenvalue weighted by molar-refractivity contribution is 0.0375. The summed E-state index contributed by atoms with van der Waals surface area (Å²) >= 11 is 0. The van der Waals surface area contributed by atoms with E-state index < -0.39 is 0 Å². The van der Waals surface area contributed by atoms with Gasteiger partial charge in [-0.2, -0.15) is 0 Å². The summed E-state index contributed by atoms with van der Waals surface area (Å²) < 4.78 is 5.29. The van der Waals surface area contributed by atoms with Crippen LogP contribution in [-0.2, 0) is 0 Å². The van der Waals surface area contributed by atoms with Gasteiger partial charge in [-0.3, -0.25) is 0 Å². The van der Waals surface area contributed by atoms with Crippen molar-refractivity contribution in [1.82, 2.24) is 5.32 Å². The van der Waals surface area contributed by atoms with E-state index in [1.54, 1.807) is 7.11 Å². The summed E-state index contributed by atoms with van der Waals surface area (Å²) in [6.45, 7) is 2.55. The lowest BCUT2D eigenvalue weighted by atomic mass is 9.58. The first-order valence-corrected chi connectivity index (χ1v) is 8.68. The van der Waals surface area contributed by atoms with Crippen molar-refractivity contribution in [2.45, 2.75) is 38.0 Å². The van der Waals surface area contributed by atoms with Crippen LogP contribution in [0.5, 0.6) is 5.75 Å². The van der Waals surface area contributed by atoms with Gasteiger partial charge in [-0.1, -0.05) is 12.1 Å². The Kier molecular flexibility index (Phi) is 3.66. The number of hydrogen-bond donors (Lipinski definition) is 1. The second kappa shape index (κ2) is 5.64. The molecule has 1 heterocycles. The standard InChI is InChI=1S/C19H27NO/c1-21-18-5-2-14(3-6-18)15-4-7-19-16(10-15)8-13-9-17(19)12-20-11-13/h2-3,5-6,13,15-17,19-20H,4,7-12H2,1H3. The topological polar surface area (TPSA) is 21.3 Å². The van der Waals surface area contributed by atoms with Gasteiger partial charge < -0.3 is 10.1 Å². The molecule has 2 heteroatoms. The van der Waals surface area contributed by atoms with Gasteiger partial charge in [-0.05, 0) is 92.5 Å². The van der Waals surface area contributed by atoms with Crippen molar-refractivity contribution in [2.75, 3.05) is 20.2 Å². The minimum absolute atomic E-state index is 0.781. The van der Waals surface area contributed by atoms with Gasteiger partial charge in [0.25, 0.3) is 0 Å². The van der Waals surface area contributed by atoms with E-state index in [1.165, 1.54) is 50.8 Å². The van der Waals surface area contributed by atoms with Gasteiger partial charge >= 0.3 is 0 Å². The molecule has 2 saturated carbocycles. The Labute approximate surface area is 128 Å². The number of hydrogen-bond acceptors (Lipinski definition) is 2. The van der Waals surface area contributed by atoms with E-state index in [4.69, 9.17) is 4.74 Å². The molecule has 1 N–H and O–H groups in total. The van der Waals surface area contributed by atoms with Gasteiger partial charge in [0, 0.05) is 0 Å². The van der Waals surface area contributed by atoms with Gasteiger partial charge in [0.2, 0.25) is 0 Å². The van der Waals surface area contributed by atoms with Crippen molar-refractivity contribution in [1.29, 1.82) is 0 Å². The van der Waals surface area contributed by atoms with Gasteiger partial charge in [-0.25, -0.2) is 0 Å². The Balaban J connectivity index is 1.48. The summed E-state index contributed by atoms with van der Waals surface area (Å²) in [5.41, 5.74) is 1.53. The van der Waals surface area contributed by atoms with Crippen molar-refractivity contribution in [3.63, 3.8) is 0 Å². The Hall–Kier alpha value is -1.02. The molecule has 3 fully saturated rings. The van der Waals surface area contributed by atoms with Crippen LogP contribution in [0.1, 0.15) is 43.6 Å². The summed E-state index contributed by atoms with van der Waals surface area (Å²) in [4.78, 5) is 0. The Bertz CT molecular complexity index is 483. The van der Waals surface area contributed by atoms with Crippen molar-refractivity contribution in [2.24, 2.45) is 23.7 Å². The smallest absolute Gasteiger partial charge is 0.118 e. The zero-order valence-electron chi connectivity index (χ0n) is 13.1. The third-order valence-electron chi connectivity index (χ3n) is 6.35. The zero-order chi connectivity index (χ0) is 14.2. The molecule has 21 heavy (non-hydrogen) atoms. The first-order chi connectivity index (χ1) is 10.3. The van der Waals surface area contributed by atoms with Crippen molar-refractivity contribution in [3.8, 4) is 5.75 Å². The molecule has 0 radical (unpaired) electrons. The van der Waals surface area contributed by atoms with E-state index in [0.29, 0.717) is 0 Å². The molecule has 5 unspecified atom stereocenters. The monoisotopic (exact) mass is 285 g/mol. The number of rotatable bonds is 2. The number of benzene rings is 1. The number of methoxy groups -OCH3 is 1. The predicted octanol–water partition coefficient (Wildman–Crippen LogP) is 3.82. The number of piperidine rings is 1. The minimum atomic E-state index is 0.781. The molecule has 1 saturated heterocycles. The summed E-state index contributed by atoms with van der Waals surface area (Å²) in [6.07, 6.45) is 7.22. The molecule has 5 atom stereocenters. The van der Waals surface area contributed by atoms with E-state index in [-0.39, 0.29) is 0 Å². The van der Waals surface area contributed by atoms with Crippen LogP contribution in [0.3, 0.4) is 0 Å². The van der Waals surface area contributed by atoms with Crippen molar-refractivity contribution in [3.05, 3.63) is 29.8 Å². The third-order valence-corrected chi connectivity index (χ3v) is 6.35. The summed E-state index contributed by atoms with van der Waals surface area (Å²) in [6, 6.07) is 8.83. The van der Waals surface area contributed by atoms with Gasteiger partial charge in [0.15, 0.2) is 0 Å². The average molecular weight is 285 g/mol. The van der Waals surface area contributed by atoms with E-state index in [2.05, 4.69) is 29.6 Å². The number of ether oxygens (including phenoxy) is 1. The lowest BCUT2D eigenvalue weighted by Crippen LogP contribution is -2.48. The molecule has 1 aliphatic heterocycles. The van der Waals surface area contributed by atoms with Crippen LogP contribution in [0, 0.1) is 23.7 Å². The molecule has 2 nitrogen and oxygen atoms in total. The quantitative estimate of drug-likeness (QED) is 0.892. The molecule has 3 aliphatic rings. The highest BCUT2D eigenvalue weighted by atomic mass is 16.5. The van der Waals surface area contributed by atoms with E-state index in [1.807, 2.05) is 0 Å². The molecular weight excluding hydrogens is 258 g/mol. The largest absolute Gasteiger partial charge is 0.497 e. The molecule has 2 aliphatic carbocycles. The summed E-state index contributed by atoms with van der Waals surface area (Å²) in [5.74, 6) is 5.67. The molecular formula is C19H27NO. The normalized spacial score (nSPS) is 38.6. The second-order valence-corrected chi connectivity index (χ2v) is 7.46. The highest BCUT2D eigenvalue weighted by Crippen LogP contribution is 2.50. The Morgan fingerprint density at radius 3 is 2.57 bits per heavy atom. The predicted molar refractivity (Wildman–Crippen MR) is 85.6 cm³/mol. The van der Waals surface area contributed by atoms with Crippen LogP contribution < -0.4 is 10.1 Å². The van der Waals surface area contributed by atoms with Gasteiger partial charge in [0.1, 0.15) is 5.75 Å². The first-order valence-electron chi connectivity index (χ1n) is 8.68. The second-order valence-electron chi connectivity index (χ2n) is 7.46. The molecule has 114 valence electrons. The van der Waals surface area contributed by atoms with Crippen molar-refractivity contribution >= 4 is 0 Å². The molecule has 2 bridgehead atoms. The SMILES string of the molecule is COc1ccc(C2CCC3C4CNCC(C4)CC3C2)cc1. The maximum atomic E-state index is 5.29. The molecule has 1 aromatic carbocycles. The van der Waals surface area contributed by atoms with E-state index in [9.17, 15) is 0 Å². The van der Waals surface area contributed by atoms with E-state index >= 15 is 0 Å². The first kappa shape index (κ1) is 13.6. The van der Waals surface area contributed by atoms with Gasteiger partial charge in [0.05, 0.1) is 7.11 Å². The highest BCUT2D eigenvalue weighted by Gasteiger charge is 2.42. The lowest BCUT2D eigenvalue weighted by Gasteiger charge is -2.49. The van der Waals surface area contributed by atoms with Crippen LogP contribution >= 0.6 is 0 Å². The maximum absolute atomic E-state index is 5.29. The average Bonchev–Trinajstić information content (AvgIpc) is 2.55. The number of fused-ring (bicyclic) bond motifs is 4. The third kappa shape index (κ3) is 2.59. The fourth-order valence-electron chi connectivity index (χ4n) is 5.36. The molecule has 0 amide bonds. The van der Waals surface area contributed by atoms with Crippen LogP contribution in [-0.4, -0.2) is 20.2 Å². The zero-order valence-corrected chi connectivity index (χ0v) is 13.1. The number of nitrogens with one attached hydrogen (secondary N) is 1. The Morgan fingerprint density at radius 2 is 1.76 bits per heavy atom. The van der Waals surface area contributed by atoms with Crippen LogP contribution in [0.15, 0.2) is 24.3 Å². The van der Waals surface area contributed by atoms with Crippen LogP contribution in [0.4, 0.5) is 0 Å². The van der Waals surface area contributed by atoms with Crippen molar-refractivity contribution < 1.29 is 4.74 Å². The fourth-order valence-corrected chi connectivity index (χ4v) is 5.36. The highest BCUT2D eigenvalue weighted by molar-refractivity contribution is 5.29. The van der Waals surface area contributed by atoms with E-state index in [0.717, 1.165) is 35.3 Å². The van der Waals surface area contributed by atoms with Crippen LogP contribution in [0.2, 0.25) is 0 Å². The fraction of sp³-hybridized carbons (Fsp3) is 0.684. The summed E-state index contributed by atoms with van der Waals surface area (Å²) in [5, 5.41) is 3.66. The van der Waals surface area contributed by atoms with Gasteiger partial charge in [-0.15, -0.1) is 0 Å². The molecule has 1 aromatic rings. The molecule has 0 spiro atoms. The Morgan fingerprint density at radius 1 is 0.952 bits per heavy atom. The molecule has 0 aromatic heterocycles.